The van der Waals surface area contributed by atoms with Crippen molar-refractivity contribution in [2.24, 2.45) is 0 Å². The molecule has 7 nitrogen and oxygen atoms in total. The summed E-state index contributed by atoms with van der Waals surface area (Å²) < 4.78 is 41.0. The van der Waals surface area contributed by atoms with Gasteiger partial charge in [0.15, 0.2) is 17.5 Å². The Morgan fingerprint density at radius 1 is 1.12 bits per heavy atom. The number of aromatic hydroxyl groups is 1. The minimum atomic E-state index is -1.66. The van der Waals surface area contributed by atoms with Gasteiger partial charge < -0.3 is 10.4 Å². The quantitative estimate of drug-likeness (QED) is 0.521. The van der Waals surface area contributed by atoms with Crippen LogP contribution < -0.4 is 5.32 Å². The zero-order valence-corrected chi connectivity index (χ0v) is 13.7. The fourth-order valence-corrected chi connectivity index (χ4v) is 2.65. The minimum Gasteiger partial charge on any atom is -0.508 e. The number of nitrogens with one attached hydrogen (secondary N) is 1. The molecule has 0 unspecified atom stereocenters. The zero-order valence-electron chi connectivity index (χ0n) is 12.9. The van der Waals surface area contributed by atoms with Gasteiger partial charge in [-0.25, -0.2) is 13.2 Å². The van der Waals surface area contributed by atoms with Gasteiger partial charge in [0.25, 0.3) is 0 Å². The van der Waals surface area contributed by atoms with Gasteiger partial charge in [0.1, 0.15) is 5.75 Å². The molecule has 2 aromatic carbocycles. The fraction of sp³-hybridized carbons (Fsp3) is 0.0667. The smallest absolute Gasteiger partial charge is 0.234 e. The third kappa shape index (κ3) is 3.77. The number of nitrogens with zero attached hydrogens (tertiary/aromatic N) is 4. The summed E-state index contributed by atoms with van der Waals surface area (Å²) in [5.41, 5.74) is 0.0926. The molecule has 26 heavy (non-hydrogen) atoms. The van der Waals surface area contributed by atoms with E-state index in [9.17, 15) is 23.1 Å². The first-order valence-corrected chi connectivity index (χ1v) is 8.08. The summed E-state index contributed by atoms with van der Waals surface area (Å²) in [6.07, 6.45) is 0. The monoisotopic (exact) mass is 381 g/mol. The highest BCUT2D eigenvalue weighted by molar-refractivity contribution is 7.99. The maximum absolute atomic E-state index is 13.6. The second-order valence-corrected chi connectivity index (χ2v) is 5.89. The average Bonchev–Trinajstić information content (AvgIpc) is 3.10. The van der Waals surface area contributed by atoms with Gasteiger partial charge >= 0.3 is 0 Å². The lowest BCUT2D eigenvalue weighted by molar-refractivity contribution is -0.113. The Morgan fingerprint density at radius 3 is 2.58 bits per heavy atom. The van der Waals surface area contributed by atoms with Gasteiger partial charge in [-0.3, -0.25) is 4.79 Å². The standard InChI is InChI=1S/C15H10F3N5O2S/c16-10-5-6-11(14(18)13(10)17)19-12(25)7-26-15-20-21-22-23(15)8-1-3-9(24)4-2-8/h1-6,24H,7H2,(H,19,25). The highest BCUT2D eigenvalue weighted by Gasteiger charge is 2.16. The van der Waals surface area contributed by atoms with E-state index < -0.39 is 29.0 Å². The van der Waals surface area contributed by atoms with Gasteiger partial charge in [0.2, 0.25) is 11.1 Å². The molecule has 0 atom stereocenters. The lowest BCUT2D eigenvalue weighted by atomic mass is 10.3. The van der Waals surface area contributed by atoms with Gasteiger partial charge in [-0.2, -0.15) is 4.68 Å². The minimum absolute atomic E-state index is 0.0731. The van der Waals surface area contributed by atoms with Crippen LogP contribution in [-0.2, 0) is 4.79 Å². The van der Waals surface area contributed by atoms with Crippen LogP contribution >= 0.6 is 11.8 Å². The number of aromatic nitrogens is 4. The summed E-state index contributed by atoms with van der Waals surface area (Å²) >= 11 is 0.955. The normalized spacial score (nSPS) is 10.7. The lowest BCUT2D eigenvalue weighted by Gasteiger charge is -2.07. The molecule has 0 bridgehead atoms. The number of phenolic OH excluding ortho intramolecular Hbond substituents is 1. The number of halogens is 3. The Bertz CT molecular complexity index is 949. The van der Waals surface area contributed by atoms with Crippen molar-refractivity contribution in [3.8, 4) is 11.4 Å². The van der Waals surface area contributed by atoms with Crippen LogP contribution in [0.2, 0.25) is 0 Å². The Kier molecular flexibility index (Phi) is 5.07. The first-order valence-electron chi connectivity index (χ1n) is 7.09. The fourth-order valence-electron chi connectivity index (χ4n) is 1.96. The molecule has 0 aliphatic carbocycles. The molecule has 0 radical (unpaired) electrons. The SMILES string of the molecule is O=C(CSc1nnnn1-c1ccc(O)cc1)Nc1ccc(F)c(F)c1F. The first kappa shape index (κ1) is 17.7. The van der Waals surface area contributed by atoms with E-state index in [2.05, 4.69) is 20.8 Å². The maximum atomic E-state index is 13.6. The first-order chi connectivity index (χ1) is 12.5. The van der Waals surface area contributed by atoms with Crippen LogP contribution in [0.5, 0.6) is 5.75 Å². The molecule has 0 saturated carbocycles. The molecule has 0 aliphatic heterocycles. The predicted molar refractivity (Wildman–Crippen MR) is 86.5 cm³/mol. The number of thioether (sulfide) groups is 1. The summed E-state index contributed by atoms with van der Waals surface area (Å²) in [6, 6.07) is 7.69. The van der Waals surface area contributed by atoms with Crippen LogP contribution in [0.3, 0.4) is 0 Å². The molecule has 0 saturated heterocycles. The maximum Gasteiger partial charge on any atom is 0.234 e. The number of amides is 1. The molecular weight excluding hydrogens is 371 g/mol. The largest absolute Gasteiger partial charge is 0.508 e. The van der Waals surface area contributed by atoms with Crippen molar-refractivity contribution in [1.82, 2.24) is 20.2 Å². The van der Waals surface area contributed by atoms with E-state index in [0.29, 0.717) is 11.8 Å². The molecule has 134 valence electrons. The Hall–Kier alpha value is -3.08. The van der Waals surface area contributed by atoms with Crippen LogP contribution in [0.1, 0.15) is 0 Å². The number of tetrazole rings is 1. The van der Waals surface area contributed by atoms with E-state index in [-0.39, 0.29) is 16.7 Å². The van der Waals surface area contributed by atoms with Crippen molar-refractivity contribution in [1.29, 1.82) is 0 Å². The van der Waals surface area contributed by atoms with Crippen LogP contribution in [0.4, 0.5) is 18.9 Å². The summed E-state index contributed by atoms with van der Waals surface area (Å²) in [5.74, 6) is -5.26. The van der Waals surface area contributed by atoms with Crippen molar-refractivity contribution in [3.63, 3.8) is 0 Å². The van der Waals surface area contributed by atoms with Crippen molar-refractivity contribution < 1.29 is 23.1 Å². The van der Waals surface area contributed by atoms with Crippen molar-refractivity contribution >= 4 is 23.4 Å². The predicted octanol–water partition coefficient (Wildman–Crippen LogP) is 2.52. The molecule has 3 aromatic rings. The number of carbonyl (C=O) groups is 1. The van der Waals surface area contributed by atoms with E-state index in [1.807, 2.05) is 0 Å². The third-order valence-electron chi connectivity index (χ3n) is 3.18. The number of hydrogen-bond donors (Lipinski definition) is 2. The molecule has 2 N–H and O–H groups in total. The summed E-state index contributed by atoms with van der Waals surface area (Å²) in [4.78, 5) is 11.9. The van der Waals surface area contributed by atoms with E-state index >= 15 is 0 Å². The molecule has 0 spiro atoms. The average molecular weight is 381 g/mol. The van der Waals surface area contributed by atoms with Crippen LogP contribution in [-0.4, -0.2) is 37.0 Å². The summed E-state index contributed by atoms with van der Waals surface area (Å²) in [7, 11) is 0. The van der Waals surface area contributed by atoms with Crippen molar-refractivity contribution in [3.05, 3.63) is 53.8 Å². The van der Waals surface area contributed by atoms with Gasteiger partial charge in [-0.05, 0) is 46.8 Å². The van der Waals surface area contributed by atoms with Gasteiger partial charge in [0.05, 0.1) is 17.1 Å². The van der Waals surface area contributed by atoms with Crippen molar-refractivity contribution in [2.45, 2.75) is 5.16 Å². The number of rotatable bonds is 5. The number of hydrogen-bond acceptors (Lipinski definition) is 6. The highest BCUT2D eigenvalue weighted by atomic mass is 32.2. The molecule has 1 heterocycles. The molecule has 0 aliphatic rings. The zero-order chi connectivity index (χ0) is 18.7. The van der Waals surface area contributed by atoms with E-state index in [1.54, 1.807) is 12.1 Å². The van der Waals surface area contributed by atoms with Gasteiger partial charge in [0, 0.05) is 0 Å². The molecule has 1 amide bonds. The van der Waals surface area contributed by atoms with E-state index in [1.165, 1.54) is 16.8 Å². The summed E-state index contributed by atoms with van der Waals surface area (Å²) in [5, 5.41) is 22.8. The number of carbonyl (C=O) groups excluding carboxylic acids is 1. The van der Waals surface area contributed by atoms with E-state index in [0.717, 1.165) is 17.8 Å². The molecular formula is C15H10F3N5O2S. The second-order valence-electron chi connectivity index (χ2n) is 4.95. The lowest BCUT2D eigenvalue weighted by Crippen LogP contribution is -2.16. The van der Waals surface area contributed by atoms with Crippen LogP contribution in [0.25, 0.3) is 5.69 Å². The van der Waals surface area contributed by atoms with E-state index in [4.69, 9.17) is 0 Å². The van der Waals surface area contributed by atoms with Crippen LogP contribution in [0.15, 0.2) is 41.6 Å². The number of benzene rings is 2. The number of phenols is 1. The molecule has 11 heteroatoms. The Labute approximate surface area is 148 Å². The second kappa shape index (κ2) is 7.44. The molecule has 0 fully saturated rings. The van der Waals surface area contributed by atoms with Crippen LogP contribution in [0, 0.1) is 17.5 Å². The highest BCUT2D eigenvalue weighted by Crippen LogP contribution is 2.22. The number of anilines is 1. The van der Waals surface area contributed by atoms with Crippen molar-refractivity contribution in [2.75, 3.05) is 11.1 Å². The van der Waals surface area contributed by atoms with Gasteiger partial charge in [-0.1, -0.05) is 11.8 Å². The Morgan fingerprint density at radius 2 is 1.85 bits per heavy atom. The summed E-state index contributed by atoms with van der Waals surface area (Å²) in [6.45, 7) is 0. The third-order valence-corrected chi connectivity index (χ3v) is 4.10. The van der Waals surface area contributed by atoms with Gasteiger partial charge in [-0.15, -0.1) is 5.10 Å². The topological polar surface area (TPSA) is 92.9 Å². The molecule has 3 rings (SSSR count). The molecule has 1 aromatic heterocycles. The Balaban J connectivity index is 1.67.